The first kappa shape index (κ1) is 13.3. The number of carbonyl (C=O) groups is 2. The summed E-state index contributed by atoms with van der Waals surface area (Å²) < 4.78 is 0. The maximum atomic E-state index is 12.4. The molecule has 1 heterocycles. The van der Waals surface area contributed by atoms with Gasteiger partial charge in [-0.2, -0.15) is 5.26 Å². The topological polar surface area (TPSA) is 61.2 Å². The SMILES string of the molecule is CC(=O)c1ccc2c(c1)C(C)(C)C(=O)N2CCC#N. The van der Waals surface area contributed by atoms with Crippen molar-refractivity contribution in [3.63, 3.8) is 0 Å². The lowest BCUT2D eigenvalue weighted by Gasteiger charge is -2.19. The van der Waals surface area contributed by atoms with Gasteiger partial charge < -0.3 is 4.90 Å². The molecular formula is C15H16N2O2. The van der Waals surface area contributed by atoms with Crippen molar-refractivity contribution >= 4 is 17.4 Å². The molecule has 1 amide bonds. The first-order valence-corrected chi connectivity index (χ1v) is 6.24. The molecule has 0 radical (unpaired) electrons. The van der Waals surface area contributed by atoms with Crippen LogP contribution in [0.5, 0.6) is 0 Å². The quantitative estimate of drug-likeness (QED) is 0.780. The third-order valence-corrected chi connectivity index (χ3v) is 3.59. The summed E-state index contributed by atoms with van der Waals surface area (Å²) in [5.41, 5.74) is 1.65. The van der Waals surface area contributed by atoms with Crippen LogP contribution in [0.2, 0.25) is 0 Å². The van der Waals surface area contributed by atoms with Gasteiger partial charge in [-0.1, -0.05) is 0 Å². The third-order valence-electron chi connectivity index (χ3n) is 3.59. The van der Waals surface area contributed by atoms with Gasteiger partial charge in [0.05, 0.1) is 17.9 Å². The van der Waals surface area contributed by atoms with Crippen LogP contribution in [0.1, 0.15) is 43.1 Å². The number of hydrogen-bond donors (Lipinski definition) is 0. The van der Waals surface area contributed by atoms with Crippen LogP contribution in [-0.4, -0.2) is 18.2 Å². The van der Waals surface area contributed by atoms with Gasteiger partial charge in [-0.3, -0.25) is 9.59 Å². The van der Waals surface area contributed by atoms with Gasteiger partial charge in [0, 0.05) is 17.8 Å². The molecule has 0 bridgehead atoms. The van der Waals surface area contributed by atoms with Crippen LogP contribution in [-0.2, 0) is 10.2 Å². The average Bonchev–Trinajstić information content (AvgIpc) is 2.56. The first-order valence-electron chi connectivity index (χ1n) is 6.24. The van der Waals surface area contributed by atoms with Gasteiger partial charge in [-0.25, -0.2) is 0 Å². The van der Waals surface area contributed by atoms with Crippen molar-refractivity contribution in [3.05, 3.63) is 29.3 Å². The first-order chi connectivity index (χ1) is 8.89. The molecule has 0 unspecified atom stereocenters. The Morgan fingerprint density at radius 2 is 2.11 bits per heavy atom. The number of anilines is 1. The molecule has 0 atom stereocenters. The maximum Gasteiger partial charge on any atom is 0.237 e. The molecule has 0 saturated heterocycles. The number of nitrogens with zero attached hydrogens (tertiary/aromatic N) is 2. The van der Waals surface area contributed by atoms with Crippen LogP contribution in [0.15, 0.2) is 18.2 Å². The molecule has 2 rings (SSSR count). The van der Waals surface area contributed by atoms with Crippen molar-refractivity contribution in [2.75, 3.05) is 11.4 Å². The molecule has 19 heavy (non-hydrogen) atoms. The van der Waals surface area contributed by atoms with Gasteiger partial charge >= 0.3 is 0 Å². The van der Waals surface area contributed by atoms with Gasteiger partial charge in [-0.15, -0.1) is 0 Å². The second-order valence-electron chi connectivity index (χ2n) is 5.28. The monoisotopic (exact) mass is 256 g/mol. The fourth-order valence-electron chi connectivity index (χ4n) is 2.44. The summed E-state index contributed by atoms with van der Waals surface area (Å²) in [6.07, 6.45) is 0.301. The predicted molar refractivity (Wildman–Crippen MR) is 72.1 cm³/mol. The van der Waals surface area contributed by atoms with E-state index in [0.717, 1.165) is 11.3 Å². The van der Waals surface area contributed by atoms with Crippen LogP contribution in [0.3, 0.4) is 0 Å². The fourth-order valence-corrected chi connectivity index (χ4v) is 2.44. The second kappa shape index (κ2) is 4.51. The normalized spacial score (nSPS) is 16.1. The number of rotatable bonds is 3. The molecule has 0 aliphatic carbocycles. The number of carbonyl (C=O) groups excluding carboxylic acids is 2. The van der Waals surface area contributed by atoms with E-state index in [1.165, 1.54) is 6.92 Å². The zero-order valence-corrected chi connectivity index (χ0v) is 11.4. The molecule has 4 heteroatoms. The van der Waals surface area contributed by atoms with Gasteiger partial charge in [0.1, 0.15) is 0 Å². The molecule has 1 aromatic rings. The molecule has 0 N–H and O–H groups in total. The van der Waals surface area contributed by atoms with Crippen molar-refractivity contribution in [2.45, 2.75) is 32.6 Å². The van der Waals surface area contributed by atoms with E-state index >= 15 is 0 Å². The highest BCUT2D eigenvalue weighted by molar-refractivity contribution is 6.08. The third kappa shape index (κ3) is 2.01. The summed E-state index contributed by atoms with van der Waals surface area (Å²) in [4.78, 5) is 25.5. The summed E-state index contributed by atoms with van der Waals surface area (Å²) >= 11 is 0. The number of hydrogen-bond acceptors (Lipinski definition) is 3. The van der Waals surface area contributed by atoms with Gasteiger partial charge in [0.15, 0.2) is 5.78 Å². The average molecular weight is 256 g/mol. The molecular weight excluding hydrogens is 240 g/mol. The highest BCUT2D eigenvalue weighted by atomic mass is 16.2. The molecule has 1 aliphatic rings. The van der Waals surface area contributed by atoms with E-state index in [-0.39, 0.29) is 11.7 Å². The zero-order valence-electron chi connectivity index (χ0n) is 11.4. The van der Waals surface area contributed by atoms with Crippen LogP contribution < -0.4 is 4.90 Å². The summed E-state index contributed by atoms with van der Waals surface area (Å²) in [5, 5.41) is 8.68. The van der Waals surface area contributed by atoms with Crippen molar-refractivity contribution in [1.82, 2.24) is 0 Å². The van der Waals surface area contributed by atoms with Crippen molar-refractivity contribution in [3.8, 4) is 6.07 Å². The van der Waals surface area contributed by atoms with Crippen LogP contribution in [0.25, 0.3) is 0 Å². The van der Waals surface area contributed by atoms with E-state index in [9.17, 15) is 9.59 Å². The number of Topliss-reactive ketones (excluding diaryl/α,β-unsaturated/α-hetero) is 1. The van der Waals surface area contributed by atoms with Crippen LogP contribution >= 0.6 is 0 Å². The molecule has 0 aromatic heterocycles. The lowest BCUT2D eigenvalue weighted by Crippen LogP contribution is -2.36. The minimum absolute atomic E-state index is 0.0125. The summed E-state index contributed by atoms with van der Waals surface area (Å²) in [6, 6.07) is 7.38. The summed E-state index contributed by atoms with van der Waals surface area (Å²) in [6.45, 7) is 5.61. The van der Waals surface area contributed by atoms with E-state index in [1.54, 1.807) is 23.1 Å². The highest BCUT2D eigenvalue weighted by Gasteiger charge is 2.43. The molecule has 98 valence electrons. The van der Waals surface area contributed by atoms with Crippen molar-refractivity contribution in [2.24, 2.45) is 0 Å². The lowest BCUT2D eigenvalue weighted by atomic mass is 9.85. The molecule has 0 fully saturated rings. The Bertz CT molecular complexity index is 597. The Kier molecular flexibility index (Phi) is 3.15. The van der Waals surface area contributed by atoms with Crippen LogP contribution in [0, 0.1) is 11.3 Å². The molecule has 4 nitrogen and oxygen atoms in total. The van der Waals surface area contributed by atoms with E-state index in [2.05, 4.69) is 6.07 Å². The fraction of sp³-hybridized carbons (Fsp3) is 0.400. The second-order valence-corrected chi connectivity index (χ2v) is 5.28. The smallest absolute Gasteiger partial charge is 0.237 e. The Morgan fingerprint density at radius 3 is 2.68 bits per heavy atom. The van der Waals surface area contributed by atoms with E-state index in [1.807, 2.05) is 13.8 Å². The number of nitriles is 1. The largest absolute Gasteiger partial charge is 0.310 e. The molecule has 1 aliphatic heterocycles. The van der Waals surface area contributed by atoms with E-state index in [0.29, 0.717) is 18.5 Å². The molecule has 0 spiro atoms. The Hall–Kier alpha value is -2.15. The standard InChI is InChI=1S/C15H16N2O2/c1-10(18)11-5-6-13-12(9-11)15(2,3)14(19)17(13)8-4-7-16/h5-6,9H,4,8H2,1-3H3. The van der Waals surface area contributed by atoms with E-state index in [4.69, 9.17) is 5.26 Å². The Morgan fingerprint density at radius 1 is 1.42 bits per heavy atom. The summed E-state index contributed by atoms with van der Waals surface area (Å²) in [5.74, 6) is -0.0278. The number of benzene rings is 1. The minimum atomic E-state index is -0.643. The zero-order chi connectivity index (χ0) is 14.2. The Labute approximate surface area is 112 Å². The predicted octanol–water partition coefficient (Wildman–Crippen LogP) is 2.43. The maximum absolute atomic E-state index is 12.4. The lowest BCUT2D eigenvalue weighted by molar-refractivity contribution is -0.122. The van der Waals surface area contributed by atoms with Gasteiger partial charge in [-0.05, 0) is 44.5 Å². The van der Waals surface area contributed by atoms with E-state index < -0.39 is 5.41 Å². The van der Waals surface area contributed by atoms with Gasteiger partial charge in [0.2, 0.25) is 5.91 Å². The molecule has 0 saturated carbocycles. The number of amides is 1. The van der Waals surface area contributed by atoms with Gasteiger partial charge in [0.25, 0.3) is 0 Å². The Balaban J connectivity index is 2.51. The number of fused-ring (bicyclic) bond motifs is 1. The van der Waals surface area contributed by atoms with Crippen molar-refractivity contribution < 1.29 is 9.59 Å². The molecule has 1 aromatic carbocycles. The van der Waals surface area contributed by atoms with Crippen LogP contribution in [0.4, 0.5) is 5.69 Å². The summed E-state index contributed by atoms with van der Waals surface area (Å²) in [7, 11) is 0. The highest BCUT2D eigenvalue weighted by Crippen LogP contribution is 2.41. The number of ketones is 1. The minimum Gasteiger partial charge on any atom is -0.310 e. The van der Waals surface area contributed by atoms with Crippen molar-refractivity contribution in [1.29, 1.82) is 5.26 Å².